The van der Waals surface area contributed by atoms with E-state index in [1.807, 2.05) is 26.1 Å². The van der Waals surface area contributed by atoms with Gasteiger partial charge in [0, 0.05) is 19.6 Å². The maximum atomic E-state index is 10.4. The van der Waals surface area contributed by atoms with E-state index in [4.69, 9.17) is 13.9 Å². The molecule has 0 amide bonds. The number of likely N-dealkylation sites (tertiary alicyclic amines) is 1. The van der Waals surface area contributed by atoms with Crippen LogP contribution in [0.3, 0.4) is 0 Å². The molecule has 0 aliphatic carbocycles. The van der Waals surface area contributed by atoms with Crippen LogP contribution in [0.2, 0.25) is 0 Å². The molecule has 138 valence electrons. The number of aliphatic hydroxyl groups excluding tert-OH is 1. The van der Waals surface area contributed by atoms with Crippen LogP contribution in [-0.2, 0) is 18.4 Å². The lowest BCUT2D eigenvalue weighted by molar-refractivity contribution is 0.00293. The molecule has 1 saturated heterocycles. The van der Waals surface area contributed by atoms with E-state index in [0.717, 1.165) is 42.3 Å². The molecule has 3 rings (SSSR count). The van der Waals surface area contributed by atoms with Crippen LogP contribution >= 0.6 is 0 Å². The number of ether oxygens (including phenoxy) is 2. The Hall–Kier alpha value is -1.83. The summed E-state index contributed by atoms with van der Waals surface area (Å²) in [6, 6.07) is 3.91. The lowest BCUT2D eigenvalue weighted by atomic mass is 10.0. The van der Waals surface area contributed by atoms with E-state index in [0.29, 0.717) is 13.2 Å². The number of aromatic nitrogens is 2. The van der Waals surface area contributed by atoms with Crippen molar-refractivity contribution in [1.29, 1.82) is 0 Å². The molecule has 2 aromatic rings. The molecule has 0 radical (unpaired) electrons. The number of furan rings is 1. The van der Waals surface area contributed by atoms with Crippen LogP contribution in [0, 0.1) is 6.92 Å². The number of nitrogens with zero attached hydrogens (tertiary/aromatic N) is 3. The van der Waals surface area contributed by atoms with Crippen LogP contribution in [0.25, 0.3) is 0 Å². The smallest absolute Gasteiger partial charge is 0.216 e. The predicted octanol–water partition coefficient (Wildman–Crippen LogP) is 2.04. The molecule has 1 N–H and O–H groups in total. The van der Waals surface area contributed by atoms with Crippen molar-refractivity contribution in [3.8, 4) is 5.88 Å². The highest BCUT2D eigenvalue weighted by Crippen LogP contribution is 2.38. The molecule has 0 unspecified atom stereocenters. The topological polar surface area (TPSA) is 72.9 Å². The van der Waals surface area contributed by atoms with E-state index in [1.54, 1.807) is 18.1 Å². The first kappa shape index (κ1) is 18.0. The third-order valence-electron chi connectivity index (χ3n) is 4.68. The summed E-state index contributed by atoms with van der Waals surface area (Å²) in [4.78, 5) is 2.30. The highest BCUT2D eigenvalue weighted by molar-refractivity contribution is 5.35. The molecule has 3 heterocycles. The van der Waals surface area contributed by atoms with Gasteiger partial charge >= 0.3 is 0 Å². The van der Waals surface area contributed by atoms with Gasteiger partial charge in [0.2, 0.25) is 5.88 Å². The number of aryl methyl sites for hydroxylation is 2. The van der Waals surface area contributed by atoms with E-state index in [-0.39, 0.29) is 12.6 Å². The van der Waals surface area contributed by atoms with Gasteiger partial charge in [0.1, 0.15) is 12.4 Å². The highest BCUT2D eigenvalue weighted by Gasteiger charge is 2.33. The Morgan fingerprint density at radius 1 is 1.48 bits per heavy atom. The van der Waals surface area contributed by atoms with Crippen LogP contribution in [-0.4, -0.2) is 52.7 Å². The molecular formula is C18H27N3O4. The Kier molecular flexibility index (Phi) is 5.78. The standard InChI is InChI=1S/C18H27N3O4/c1-13-17(18(23-3)20(2)19-13)16-7-4-8-21(16)10-14(22)11-24-12-15-6-5-9-25-15/h5-6,9,14,16,22H,4,7-8,10-12H2,1-3H3/t14-,16-/m1/s1. The van der Waals surface area contributed by atoms with Gasteiger partial charge in [0.15, 0.2) is 0 Å². The van der Waals surface area contributed by atoms with Crippen molar-refractivity contribution < 1.29 is 19.0 Å². The number of hydrogen-bond donors (Lipinski definition) is 1. The third-order valence-corrected chi connectivity index (χ3v) is 4.68. The zero-order chi connectivity index (χ0) is 17.8. The minimum absolute atomic E-state index is 0.225. The number of rotatable bonds is 8. The number of methoxy groups -OCH3 is 1. The van der Waals surface area contributed by atoms with Crippen LogP contribution < -0.4 is 4.74 Å². The van der Waals surface area contributed by atoms with Gasteiger partial charge in [-0.2, -0.15) is 5.10 Å². The summed E-state index contributed by atoms with van der Waals surface area (Å²) < 4.78 is 18.1. The fourth-order valence-corrected chi connectivity index (χ4v) is 3.66. The summed E-state index contributed by atoms with van der Waals surface area (Å²) in [5.74, 6) is 1.57. The first-order valence-electron chi connectivity index (χ1n) is 8.70. The van der Waals surface area contributed by atoms with Crippen LogP contribution in [0.4, 0.5) is 0 Å². The molecule has 2 atom stereocenters. The maximum absolute atomic E-state index is 10.4. The van der Waals surface area contributed by atoms with Gasteiger partial charge in [0.05, 0.1) is 37.3 Å². The molecule has 1 aliphatic rings. The molecule has 0 aromatic carbocycles. The van der Waals surface area contributed by atoms with Crippen molar-refractivity contribution in [3.05, 3.63) is 35.4 Å². The predicted molar refractivity (Wildman–Crippen MR) is 92.4 cm³/mol. The fourth-order valence-electron chi connectivity index (χ4n) is 3.66. The SMILES string of the molecule is COc1c([C@H]2CCCN2C[C@@H](O)COCc2ccco2)c(C)nn1C. The monoisotopic (exact) mass is 349 g/mol. The molecule has 1 fully saturated rings. The van der Waals surface area contributed by atoms with Crippen LogP contribution in [0.5, 0.6) is 5.88 Å². The normalized spacial score (nSPS) is 19.4. The van der Waals surface area contributed by atoms with Gasteiger partial charge in [0.25, 0.3) is 0 Å². The van der Waals surface area contributed by atoms with E-state index in [9.17, 15) is 5.11 Å². The number of hydrogen-bond acceptors (Lipinski definition) is 6. The van der Waals surface area contributed by atoms with Crippen molar-refractivity contribution in [3.63, 3.8) is 0 Å². The summed E-state index contributed by atoms with van der Waals surface area (Å²) in [7, 11) is 3.57. The summed E-state index contributed by atoms with van der Waals surface area (Å²) >= 11 is 0. The van der Waals surface area contributed by atoms with Crippen molar-refractivity contribution in [2.75, 3.05) is 26.8 Å². The van der Waals surface area contributed by atoms with Crippen LogP contribution in [0.15, 0.2) is 22.8 Å². The largest absolute Gasteiger partial charge is 0.481 e. The van der Waals surface area contributed by atoms with Crippen molar-refractivity contribution in [2.45, 2.75) is 38.5 Å². The molecule has 0 bridgehead atoms. The summed E-state index contributed by atoms with van der Waals surface area (Å²) in [5.41, 5.74) is 2.12. The molecule has 2 aromatic heterocycles. The van der Waals surface area contributed by atoms with E-state index in [2.05, 4.69) is 10.00 Å². The van der Waals surface area contributed by atoms with E-state index in [1.165, 1.54) is 0 Å². The zero-order valence-corrected chi connectivity index (χ0v) is 15.1. The van der Waals surface area contributed by atoms with E-state index >= 15 is 0 Å². The Balaban J connectivity index is 1.58. The van der Waals surface area contributed by atoms with Crippen molar-refractivity contribution in [2.24, 2.45) is 7.05 Å². The number of aliphatic hydroxyl groups is 1. The molecule has 7 heteroatoms. The molecule has 25 heavy (non-hydrogen) atoms. The van der Waals surface area contributed by atoms with Crippen molar-refractivity contribution in [1.82, 2.24) is 14.7 Å². The molecule has 1 aliphatic heterocycles. The first-order chi connectivity index (χ1) is 12.1. The first-order valence-corrected chi connectivity index (χ1v) is 8.70. The summed E-state index contributed by atoms with van der Waals surface area (Å²) in [6.45, 7) is 4.20. The second-order valence-electron chi connectivity index (χ2n) is 6.53. The Labute approximate surface area is 148 Å². The second-order valence-corrected chi connectivity index (χ2v) is 6.53. The molecular weight excluding hydrogens is 322 g/mol. The van der Waals surface area contributed by atoms with Crippen molar-refractivity contribution >= 4 is 0 Å². The lowest BCUT2D eigenvalue weighted by Crippen LogP contribution is -2.34. The quantitative estimate of drug-likeness (QED) is 0.786. The summed E-state index contributed by atoms with van der Waals surface area (Å²) in [6.07, 6.45) is 3.22. The fraction of sp³-hybridized carbons (Fsp3) is 0.611. The zero-order valence-electron chi connectivity index (χ0n) is 15.1. The average molecular weight is 349 g/mol. The van der Waals surface area contributed by atoms with Gasteiger partial charge in [-0.15, -0.1) is 0 Å². The Morgan fingerprint density at radius 3 is 3.04 bits per heavy atom. The third kappa shape index (κ3) is 4.05. The molecule has 7 nitrogen and oxygen atoms in total. The lowest BCUT2D eigenvalue weighted by Gasteiger charge is -2.27. The molecule has 0 spiro atoms. The van der Waals surface area contributed by atoms with Gasteiger partial charge in [-0.1, -0.05) is 0 Å². The Morgan fingerprint density at radius 2 is 2.32 bits per heavy atom. The highest BCUT2D eigenvalue weighted by atomic mass is 16.5. The van der Waals surface area contributed by atoms with Gasteiger partial charge in [-0.05, 0) is 38.4 Å². The number of β-amino-alcohol motifs (C(OH)–C–C–N with tert-alkyl or cyclic N) is 1. The average Bonchev–Trinajstić information content (AvgIpc) is 3.28. The summed E-state index contributed by atoms with van der Waals surface area (Å²) in [5, 5.41) is 14.8. The van der Waals surface area contributed by atoms with Gasteiger partial charge in [-0.3, -0.25) is 4.90 Å². The minimum atomic E-state index is -0.543. The maximum Gasteiger partial charge on any atom is 0.216 e. The minimum Gasteiger partial charge on any atom is -0.481 e. The van der Waals surface area contributed by atoms with Gasteiger partial charge < -0.3 is 19.0 Å². The second kappa shape index (κ2) is 8.03. The van der Waals surface area contributed by atoms with Crippen LogP contribution in [0.1, 0.15) is 35.9 Å². The molecule has 0 saturated carbocycles. The Bertz CT molecular complexity index is 668. The van der Waals surface area contributed by atoms with E-state index < -0.39 is 6.10 Å². The van der Waals surface area contributed by atoms with Gasteiger partial charge in [-0.25, -0.2) is 4.68 Å².